The van der Waals surface area contributed by atoms with Gasteiger partial charge in [0.1, 0.15) is 5.82 Å². The molecule has 6 rings (SSSR count). The maximum absolute atomic E-state index is 14.1. The molecule has 0 radical (unpaired) electrons. The van der Waals surface area contributed by atoms with Crippen LogP contribution in [-0.2, 0) is 5.66 Å². The fourth-order valence-corrected chi connectivity index (χ4v) is 5.34. The summed E-state index contributed by atoms with van der Waals surface area (Å²) in [5, 5.41) is 4.95. The van der Waals surface area contributed by atoms with Gasteiger partial charge in [-0.25, -0.2) is 9.07 Å². The summed E-state index contributed by atoms with van der Waals surface area (Å²) in [6, 6.07) is 14.8. The standard InChI is InChI=1S/C26H19ClFN5O2/c1-16-22(14-30-33(16)20-8-6-19(28)7-9-20)25(35)32-13-12-31-24(34)21-10-11-29-15-23(21)26(31,32)17-2-4-18(27)5-3-17/h2-11,14-15H,12-13H2,1H3. The van der Waals surface area contributed by atoms with E-state index in [0.29, 0.717) is 46.2 Å². The summed E-state index contributed by atoms with van der Waals surface area (Å²) in [5.74, 6) is -0.765. The van der Waals surface area contributed by atoms with Crippen LogP contribution < -0.4 is 0 Å². The molecule has 0 spiro atoms. The minimum atomic E-state index is -1.15. The maximum atomic E-state index is 14.1. The van der Waals surface area contributed by atoms with Crippen LogP contribution in [0.3, 0.4) is 0 Å². The normalized spacial score (nSPS) is 18.7. The summed E-state index contributed by atoms with van der Waals surface area (Å²) in [7, 11) is 0. The number of carbonyl (C=O) groups excluding carboxylic acids is 2. The van der Waals surface area contributed by atoms with Gasteiger partial charge >= 0.3 is 0 Å². The van der Waals surface area contributed by atoms with E-state index in [1.54, 1.807) is 64.1 Å². The first-order chi connectivity index (χ1) is 16.9. The van der Waals surface area contributed by atoms with E-state index in [2.05, 4.69) is 10.1 Å². The Hall–Kier alpha value is -4.04. The van der Waals surface area contributed by atoms with Crippen molar-refractivity contribution in [1.29, 1.82) is 0 Å². The molecule has 1 atom stereocenters. The van der Waals surface area contributed by atoms with Crippen molar-refractivity contribution in [2.75, 3.05) is 13.1 Å². The second-order valence-electron chi connectivity index (χ2n) is 8.55. The molecule has 2 aromatic heterocycles. The van der Waals surface area contributed by atoms with Crippen molar-refractivity contribution in [2.45, 2.75) is 12.6 Å². The zero-order valence-corrected chi connectivity index (χ0v) is 19.4. The molecule has 0 N–H and O–H groups in total. The summed E-state index contributed by atoms with van der Waals surface area (Å²) >= 11 is 6.17. The number of aromatic nitrogens is 3. The van der Waals surface area contributed by atoms with Crippen LogP contribution in [-0.4, -0.2) is 49.5 Å². The Kier molecular flexibility index (Phi) is 4.76. The van der Waals surface area contributed by atoms with Crippen LogP contribution in [0.5, 0.6) is 0 Å². The lowest BCUT2D eigenvalue weighted by atomic mass is 9.90. The molecule has 1 fully saturated rings. The van der Waals surface area contributed by atoms with Gasteiger partial charge in [-0.2, -0.15) is 5.10 Å². The van der Waals surface area contributed by atoms with Crippen molar-refractivity contribution in [3.05, 3.63) is 112 Å². The predicted octanol–water partition coefficient (Wildman–Crippen LogP) is 4.18. The topological polar surface area (TPSA) is 71.3 Å². The number of fused-ring (bicyclic) bond motifs is 3. The Bertz CT molecular complexity index is 1480. The van der Waals surface area contributed by atoms with E-state index in [4.69, 9.17) is 11.6 Å². The molecule has 0 bridgehead atoms. The van der Waals surface area contributed by atoms with Crippen LogP contribution in [0.2, 0.25) is 5.02 Å². The largest absolute Gasteiger partial charge is 0.306 e. The molecule has 2 amide bonds. The monoisotopic (exact) mass is 487 g/mol. The lowest BCUT2D eigenvalue weighted by molar-refractivity contribution is 0.0374. The van der Waals surface area contributed by atoms with E-state index in [-0.39, 0.29) is 17.6 Å². The van der Waals surface area contributed by atoms with Crippen molar-refractivity contribution >= 4 is 23.4 Å². The van der Waals surface area contributed by atoms with Gasteiger partial charge in [-0.1, -0.05) is 23.7 Å². The molecule has 4 heterocycles. The number of carbonyl (C=O) groups is 2. The summed E-state index contributed by atoms with van der Waals surface area (Å²) < 4.78 is 15.0. The molecule has 7 nitrogen and oxygen atoms in total. The van der Waals surface area contributed by atoms with E-state index in [1.807, 2.05) is 12.1 Å². The van der Waals surface area contributed by atoms with E-state index in [1.165, 1.54) is 18.3 Å². The fourth-order valence-electron chi connectivity index (χ4n) is 5.22. The van der Waals surface area contributed by atoms with Crippen LogP contribution >= 0.6 is 11.6 Å². The smallest absolute Gasteiger partial charge is 0.259 e. The van der Waals surface area contributed by atoms with Crippen molar-refractivity contribution in [1.82, 2.24) is 24.6 Å². The third-order valence-corrected chi connectivity index (χ3v) is 7.06. The van der Waals surface area contributed by atoms with Crippen molar-refractivity contribution in [3.63, 3.8) is 0 Å². The van der Waals surface area contributed by atoms with Crippen LogP contribution in [0.15, 0.2) is 73.2 Å². The Morgan fingerprint density at radius 3 is 2.51 bits per heavy atom. The van der Waals surface area contributed by atoms with E-state index in [9.17, 15) is 14.0 Å². The molecule has 2 aliphatic rings. The highest BCUT2D eigenvalue weighted by atomic mass is 35.5. The van der Waals surface area contributed by atoms with Gasteiger partial charge in [-0.3, -0.25) is 14.6 Å². The van der Waals surface area contributed by atoms with Crippen LogP contribution in [0.25, 0.3) is 5.69 Å². The van der Waals surface area contributed by atoms with Crippen molar-refractivity contribution in [3.8, 4) is 5.69 Å². The van der Waals surface area contributed by atoms with Crippen molar-refractivity contribution in [2.24, 2.45) is 0 Å². The van der Waals surface area contributed by atoms with Gasteiger partial charge in [0.15, 0.2) is 5.66 Å². The Balaban J connectivity index is 1.50. The lowest BCUT2D eigenvalue weighted by Gasteiger charge is -2.40. The third kappa shape index (κ3) is 2.96. The highest BCUT2D eigenvalue weighted by molar-refractivity contribution is 6.30. The number of halogens is 2. The van der Waals surface area contributed by atoms with Crippen LogP contribution in [0.4, 0.5) is 4.39 Å². The third-order valence-electron chi connectivity index (χ3n) is 6.80. The van der Waals surface area contributed by atoms with Gasteiger partial charge in [0.25, 0.3) is 11.8 Å². The average molecular weight is 488 g/mol. The first kappa shape index (κ1) is 21.5. The molecule has 1 unspecified atom stereocenters. The second kappa shape index (κ2) is 7.74. The molecule has 2 aliphatic heterocycles. The Morgan fingerprint density at radius 1 is 1.03 bits per heavy atom. The van der Waals surface area contributed by atoms with Gasteiger partial charge in [0.2, 0.25) is 0 Å². The Morgan fingerprint density at radius 2 is 1.77 bits per heavy atom. The number of hydrogen-bond donors (Lipinski definition) is 0. The van der Waals surface area contributed by atoms with E-state index >= 15 is 0 Å². The minimum absolute atomic E-state index is 0.147. The molecule has 2 aromatic carbocycles. The molecule has 9 heteroatoms. The number of hydrogen-bond acceptors (Lipinski definition) is 4. The number of amides is 2. The zero-order chi connectivity index (χ0) is 24.3. The van der Waals surface area contributed by atoms with E-state index in [0.717, 1.165) is 5.56 Å². The number of benzene rings is 2. The highest BCUT2D eigenvalue weighted by Crippen LogP contribution is 2.50. The molecule has 0 saturated carbocycles. The summed E-state index contributed by atoms with van der Waals surface area (Å²) in [6.07, 6.45) is 4.75. The molecule has 1 saturated heterocycles. The first-order valence-corrected chi connectivity index (χ1v) is 11.5. The highest BCUT2D eigenvalue weighted by Gasteiger charge is 2.60. The van der Waals surface area contributed by atoms with Crippen LogP contribution in [0.1, 0.15) is 37.5 Å². The molecule has 35 heavy (non-hydrogen) atoms. The SMILES string of the molecule is Cc1c(C(=O)N2CCN3C(=O)c4ccncc4C32c2ccc(Cl)cc2)cnn1-c1ccc(F)cc1. The molecule has 4 aromatic rings. The molecule has 174 valence electrons. The summed E-state index contributed by atoms with van der Waals surface area (Å²) in [6.45, 7) is 2.50. The van der Waals surface area contributed by atoms with Gasteiger partial charge in [-0.05, 0) is 49.4 Å². The fraction of sp³-hybridized carbons (Fsp3) is 0.154. The first-order valence-electron chi connectivity index (χ1n) is 11.1. The number of nitrogens with zero attached hydrogens (tertiary/aromatic N) is 5. The number of rotatable bonds is 3. The van der Waals surface area contributed by atoms with E-state index < -0.39 is 5.66 Å². The minimum Gasteiger partial charge on any atom is -0.306 e. The van der Waals surface area contributed by atoms with Gasteiger partial charge < -0.3 is 9.80 Å². The lowest BCUT2D eigenvalue weighted by Crippen LogP contribution is -2.51. The van der Waals surface area contributed by atoms with Gasteiger partial charge in [0.05, 0.1) is 28.7 Å². The quantitative estimate of drug-likeness (QED) is 0.434. The maximum Gasteiger partial charge on any atom is 0.259 e. The average Bonchev–Trinajstić information content (AvgIpc) is 3.52. The molecular formula is C26H19ClFN5O2. The van der Waals surface area contributed by atoms with Crippen molar-refractivity contribution < 1.29 is 14.0 Å². The Labute approximate surface area is 205 Å². The predicted molar refractivity (Wildman–Crippen MR) is 127 cm³/mol. The molecule has 0 aliphatic carbocycles. The van der Waals surface area contributed by atoms with Gasteiger partial charge in [0, 0.05) is 41.6 Å². The zero-order valence-electron chi connectivity index (χ0n) is 18.7. The second-order valence-corrected chi connectivity index (χ2v) is 8.98. The van der Waals surface area contributed by atoms with Gasteiger partial charge in [-0.15, -0.1) is 0 Å². The number of pyridine rings is 1. The molecular weight excluding hydrogens is 469 g/mol. The van der Waals surface area contributed by atoms with Crippen LogP contribution in [0, 0.1) is 12.7 Å². The summed E-state index contributed by atoms with van der Waals surface area (Å²) in [5.41, 5.74) is 2.43. The summed E-state index contributed by atoms with van der Waals surface area (Å²) in [4.78, 5) is 35.2.